The number of rotatable bonds is 7. The van der Waals surface area contributed by atoms with Crippen LogP contribution in [0.25, 0.3) is 22.0 Å². The van der Waals surface area contributed by atoms with E-state index in [1.165, 1.54) is 4.90 Å². The molecule has 10 nitrogen and oxygen atoms in total. The minimum absolute atomic E-state index is 0.0670. The zero-order valence-corrected chi connectivity index (χ0v) is 24.7. The van der Waals surface area contributed by atoms with Gasteiger partial charge in [0.05, 0.1) is 16.9 Å². The van der Waals surface area contributed by atoms with Gasteiger partial charge < -0.3 is 25.0 Å². The largest absolute Gasteiger partial charge is 0.465 e. The summed E-state index contributed by atoms with van der Waals surface area (Å²) in [6, 6.07) is 15.5. The van der Waals surface area contributed by atoms with Crippen molar-refractivity contribution in [1.82, 2.24) is 19.9 Å². The standard InChI is InChI=1S/C33H36N6O4/c1-4-22-13-16-39(31(22)40)28-9-5-7-25-24(28)11-10-21(3)29(25)43-30-26(8-6-14-34-30)27-12-15-35-32(37-27)36-23-17-20(2)18-38(19-23)33(41)42/h5-12,14-15,20,22-23H,4,13,16-19H2,1-3H3,(H,41,42)(H,35,36,37). The molecule has 2 aliphatic heterocycles. The van der Waals surface area contributed by atoms with Crippen LogP contribution < -0.4 is 15.0 Å². The first kappa shape index (κ1) is 28.4. The van der Waals surface area contributed by atoms with Crippen LogP contribution in [-0.2, 0) is 4.79 Å². The number of benzene rings is 2. The predicted octanol–water partition coefficient (Wildman–Crippen LogP) is 6.36. The molecule has 3 unspecified atom stereocenters. The van der Waals surface area contributed by atoms with Crippen LogP contribution in [0.15, 0.2) is 60.9 Å². The number of pyridine rings is 1. The van der Waals surface area contributed by atoms with E-state index in [4.69, 9.17) is 9.72 Å². The zero-order valence-electron chi connectivity index (χ0n) is 24.7. The van der Waals surface area contributed by atoms with Gasteiger partial charge in [0.25, 0.3) is 0 Å². The van der Waals surface area contributed by atoms with Crippen LogP contribution in [0.4, 0.5) is 16.4 Å². The Morgan fingerprint density at radius 1 is 1.07 bits per heavy atom. The molecule has 2 aromatic heterocycles. The van der Waals surface area contributed by atoms with Gasteiger partial charge in [-0.25, -0.2) is 19.7 Å². The van der Waals surface area contributed by atoms with Gasteiger partial charge in [0.15, 0.2) is 0 Å². The summed E-state index contributed by atoms with van der Waals surface area (Å²) in [5.74, 6) is 1.97. The highest BCUT2D eigenvalue weighted by atomic mass is 16.5. The molecule has 0 spiro atoms. The van der Waals surface area contributed by atoms with Gasteiger partial charge in [-0.3, -0.25) is 4.79 Å². The number of piperidine rings is 1. The summed E-state index contributed by atoms with van der Waals surface area (Å²) in [4.78, 5) is 41.7. The first-order valence-electron chi connectivity index (χ1n) is 14.9. The van der Waals surface area contributed by atoms with E-state index < -0.39 is 6.09 Å². The van der Waals surface area contributed by atoms with Gasteiger partial charge in [-0.05, 0) is 61.9 Å². The van der Waals surface area contributed by atoms with Gasteiger partial charge in [-0.15, -0.1) is 0 Å². The summed E-state index contributed by atoms with van der Waals surface area (Å²) in [5, 5.41) is 14.7. The fourth-order valence-electron chi connectivity index (χ4n) is 6.29. The number of amides is 2. The molecule has 2 saturated heterocycles. The molecule has 2 fully saturated rings. The third kappa shape index (κ3) is 5.69. The molecule has 2 N–H and O–H groups in total. The maximum Gasteiger partial charge on any atom is 0.407 e. The number of likely N-dealkylation sites (tertiary alicyclic amines) is 1. The quantitative estimate of drug-likeness (QED) is 0.259. The van der Waals surface area contributed by atoms with Crippen molar-refractivity contribution in [3.05, 3.63) is 66.5 Å². The third-order valence-corrected chi connectivity index (χ3v) is 8.45. The number of nitrogens with one attached hydrogen (secondary N) is 1. The van der Waals surface area contributed by atoms with Gasteiger partial charge in [0.2, 0.25) is 17.7 Å². The number of carbonyl (C=O) groups excluding carboxylic acids is 1. The molecule has 2 aliphatic rings. The smallest absolute Gasteiger partial charge is 0.407 e. The SMILES string of the molecule is CCC1CCN(c2cccc3c(Oc4ncccc4-c4ccnc(NC5CC(C)CN(C(=O)O)C5)n4)c(C)ccc23)C1=O. The van der Waals surface area contributed by atoms with E-state index in [0.29, 0.717) is 48.5 Å². The van der Waals surface area contributed by atoms with Gasteiger partial charge in [0.1, 0.15) is 5.75 Å². The minimum Gasteiger partial charge on any atom is -0.465 e. The van der Waals surface area contributed by atoms with Gasteiger partial charge in [-0.2, -0.15) is 0 Å². The van der Waals surface area contributed by atoms with Crippen molar-refractivity contribution < 1.29 is 19.4 Å². The highest BCUT2D eigenvalue weighted by molar-refractivity contribution is 6.07. The fourth-order valence-corrected chi connectivity index (χ4v) is 6.29. The maximum atomic E-state index is 13.1. The number of nitrogens with zero attached hydrogens (tertiary/aromatic N) is 5. The lowest BCUT2D eigenvalue weighted by Crippen LogP contribution is -2.47. The maximum absolute atomic E-state index is 13.1. The average Bonchev–Trinajstić information content (AvgIpc) is 3.38. The van der Waals surface area contributed by atoms with Crippen molar-refractivity contribution in [2.75, 3.05) is 29.9 Å². The summed E-state index contributed by atoms with van der Waals surface area (Å²) in [5.41, 5.74) is 3.17. The number of carbonyl (C=O) groups is 2. The Balaban J connectivity index is 1.31. The molecule has 0 bridgehead atoms. The first-order valence-corrected chi connectivity index (χ1v) is 14.9. The van der Waals surface area contributed by atoms with E-state index in [9.17, 15) is 14.7 Å². The van der Waals surface area contributed by atoms with Crippen LogP contribution >= 0.6 is 0 Å². The molecular formula is C33H36N6O4. The molecule has 0 saturated carbocycles. The van der Waals surface area contributed by atoms with Crippen LogP contribution in [0.2, 0.25) is 0 Å². The number of aryl methyl sites for hydroxylation is 1. The first-order chi connectivity index (χ1) is 20.8. The molecule has 3 atom stereocenters. The van der Waals surface area contributed by atoms with Crippen LogP contribution in [0.1, 0.15) is 38.7 Å². The molecule has 43 heavy (non-hydrogen) atoms. The number of hydrogen-bond donors (Lipinski definition) is 2. The summed E-state index contributed by atoms with van der Waals surface area (Å²) in [6.45, 7) is 7.71. The molecule has 0 aliphatic carbocycles. The van der Waals surface area contributed by atoms with Crippen molar-refractivity contribution in [3.8, 4) is 22.9 Å². The van der Waals surface area contributed by atoms with Crippen molar-refractivity contribution >= 4 is 34.4 Å². The highest BCUT2D eigenvalue weighted by Crippen LogP contribution is 2.40. The normalized spacial score (nSPS) is 20.4. The molecular weight excluding hydrogens is 544 g/mol. The number of aromatic nitrogens is 3. The molecule has 6 rings (SSSR count). The minimum atomic E-state index is -0.918. The Morgan fingerprint density at radius 2 is 1.93 bits per heavy atom. The molecule has 0 radical (unpaired) electrons. The van der Waals surface area contributed by atoms with E-state index in [0.717, 1.165) is 41.3 Å². The average molecular weight is 581 g/mol. The zero-order chi connectivity index (χ0) is 30.1. The van der Waals surface area contributed by atoms with Gasteiger partial charge >= 0.3 is 6.09 Å². The molecule has 222 valence electrons. The van der Waals surface area contributed by atoms with E-state index in [1.54, 1.807) is 18.5 Å². The molecule has 2 aromatic carbocycles. The molecule has 4 aromatic rings. The summed E-state index contributed by atoms with van der Waals surface area (Å²) in [7, 11) is 0. The van der Waals surface area contributed by atoms with Crippen LogP contribution in [-0.4, -0.2) is 62.6 Å². The lowest BCUT2D eigenvalue weighted by molar-refractivity contribution is -0.120. The van der Waals surface area contributed by atoms with E-state index in [-0.39, 0.29) is 23.8 Å². The molecule has 2 amide bonds. The Bertz CT molecular complexity index is 1680. The van der Waals surface area contributed by atoms with E-state index in [2.05, 4.69) is 28.3 Å². The molecule has 10 heteroatoms. The second kappa shape index (κ2) is 11.9. The fraction of sp³-hybridized carbons (Fsp3) is 0.364. The topological polar surface area (TPSA) is 121 Å². The predicted molar refractivity (Wildman–Crippen MR) is 166 cm³/mol. The van der Waals surface area contributed by atoms with E-state index in [1.807, 2.05) is 55.1 Å². The summed E-state index contributed by atoms with van der Waals surface area (Å²) < 4.78 is 6.57. The Kier molecular flexibility index (Phi) is 7.84. The summed E-state index contributed by atoms with van der Waals surface area (Å²) >= 11 is 0. The molecule has 4 heterocycles. The number of anilines is 2. The summed E-state index contributed by atoms with van der Waals surface area (Å²) in [6.07, 6.45) is 4.97. The lowest BCUT2D eigenvalue weighted by Gasteiger charge is -2.35. The van der Waals surface area contributed by atoms with Crippen LogP contribution in [0, 0.1) is 18.8 Å². The lowest BCUT2D eigenvalue weighted by atomic mass is 9.96. The van der Waals surface area contributed by atoms with Crippen molar-refractivity contribution in [3.63, 3.8) is 0 Å². The van der Waals surface area contributed by atoms with E-state index >= 15 is 0 Å². The van der Waals surface area contributed by atoms with Crippen LogP contribution in [0.3, 0.4) is 0 Å². The third-order valence-electron chi connectivity index (χ3n) is 8.45. The second-order valence-electron chi connectivity index (χ2n) is 11.6. The Hall–Kier alpha value is -4.73. The number of hydrogen-bond acceptors (Lipinski definition) is 7. The second-order valence-corrected chi connectivity index (χ2v) is 11.6. The monoisotopic (exact) mass is 580 g/mol. The van der Waals surface area contributed by atoms with Gasteiger partial charge in [0, 0.05) is 54.8 Å². The van der Waals surface area contributed by atoms with Gasteiger partial charge in [-0.1, -0.05) is 38.1 Å². The van der Waals surface area contributed by atoms with Crippen molar-refractivity contribution in [2.24, 2.45) is 11.8 Å². The highest BCUT2D eigenvalue weighted by Gasteiger charge is 2.32. The Morgan fingerprint density at radius 3 is 2.72 bits per heavy atom. The number of fused-ring (bicyclic) bond motifs is 1. The number of ether oxygens (including phenoxy) is 1. The Labute approximate surface area is 250 Å². The number of carboxylic acid groups (broad SMARTS) is 1. The van der Waals surface area contributed by atoms with Crippen molar-refractivity contribution in [1.29, 1.82) is 0 Å². The van der Waals surface area contributed by atoms with Crippen molar-refractivity contribution in [2.45, 2.75) is 46.1 Å². The van der Waals surface area contributed by atoms with Crippen LogP contribution in [0.5, 0.6) is 11.6 Å².